The van der Waals surface area contributed by atoms with Crippen molar-refractivity contribution in [3.05, 3.63) is 96.1 Å². The van der Waals surface area contributed by atoms with Gasteiger partial charge in [0, 0.05) is 11.6 Å². The summed E-state index contributed by atoms with van der Waals surface area (Å²) in [6, 6.07) is 24.4. The van der Waals surface area contributed by atoms with E-state index in [1.807, 2.05) is 24.3 Å². The Morgan fingerprint density at radius 2 is 1.62 bits per heavy atom. The SMILES string of the molecule is NS(=O)(=O)c1ccc2c(c1)C1C=CCC1C(c1ccc(-c3ccccc3)cc1)N2. The van der Waals surface area contributed by atoms with Crippen LogP contribution in [0.1, 0.15) is 29.5 Å². The average Bonchev–Trinajstić information content (AvgIpc) is 3.23. The first-order valence-corrected chi connectivity index (χ1v) is 11.3. The molecule has 1 aliphatic carbocycles. The molecule has 0 radical (unpaired) electrons. The minimum atomic E-state index is -3.71. The zero-order chi connectivity index (χ0) is 20.0. The Bertz CT molecular complexity index is 1190. The Hall–Kier alpha value is -2.89. The van der Waals surface area contributed by atoms with Crippen LogP contribution in [0, 0.1) is 5.92 Å². The van der Waals surface area contributed by atoms with Gasteiger partial charge >= 0.3 is 0 Å². The van der Waals surface area contributed by atoms with E-state index in [4.69, 9.17) is 5.14 Å². The van der Waals surface area contributed by atoms with E-state index >= 15 is 0 Å². The number of nitrogens with one attached hydrogen (secondary N) is 1. The molecule has 3 N–H and O–H groups in total. The molecule has 3 aromatic rings. The van der Waals surface area contributed by atoms with Crippen molar-refractivity contribution >= 4 is 15.7 Å². The predicted octanol–water partition coefficient (Wildman–Crippen LogP) is 4.83. The summed E-state index contributed by atoms with van der Waals surface area (Å²) in [7, 11) is -3.71. The quantitative estimate of drug-likeness (QED) is 0.617. The highest BCUT2D eigenvalue weighted by Crippen LogP contribution is 2.50. The fraction of sp³-hybridized carbons (Fsp3) is 0.167. The van der Waals surface area contributed by atoms with E-state index in [9.17, 15) is 8.42 Å². The van der Waals surface area contributed by atoms with Gasteiger partial charge in [-0.1, -0.05) is 66.7 Å². The van der Waals surface area contributed by atoms with Gasteiger partial charge in [-0.15, -0.1) is 0 Å². The summed E-state index contributed by atoms with van der Waals surface area (Å²) in [5, 5.41) is 8.99. The Kier molecular flexibility index (Phi) is 4.30. The van der Waals surface area contributed by atoms with E-state index in [-0.39, 0.29) is 16.9 Å². The van der Waals surface area contributed by atoms with E-state index in [2.05, 4.69) is 53.9 Å². The van der Waals surface area contributed by atoms with Crippen molar-refractivity contribution in [2.45, 2.75) is 23.3 Å². The molecule has 1 aliphatic heterocycles. The van der Waals surface area contributed by atoms with E-state index in [1.165, 1.54) is 16.7 Å². The number of rotatable bonds is 3. The number of hydrogen-bond donors (Lipinski definition) is 2. The minimum absolute atomic E-state index is 0.169. The van der Waals surface area contributed by atoms with Crippen molar-refractivity contribution < 1.29 is 8.42 Å². The van der Waals surface area contributed by atoms with Gasteiger partial charge in [0.15, 0.2) is 0 Å². The molecular formula is C24H22N2O2S. The highest BCUT2D eigenvalue weighted by molar-refractivity contribution is 7.89. The van der Waals surface area contributed by atoms with Crippen LogP contribution < -0.4 is 10.5 Å². The molecule has 5 heteroatoms. The van der Waals surface area contributed by atoms with Crippen molar-refractivity contribution in [2.24, 2.45) is 11.1 Å². The fourth-order valence-electron chi connectivity index (χ4n) is 4.59. The minimum Gasteiger partial charge on any atom is -0.378 e. The summed E-state index contributed by atoms with van der Waals surface area (Å²) in [5.74, 6) is 0.535. The second-order valence-corrected chi connectivity index (χ2v) is 9.32. The average molecular weight is 403 g/mol. The zero-order valence-corrected chi connectivity index (χ0v) is 16.6. The summed E-state index contributed by atoms with van der Waals surface area (Å²) in [4.78, 5) is 0.169. The third-order valence-electron chi connectivity index (χ3n) is 6.04. The first-order valence-electron chi connectivity index (χ1n) is 9.76. The van der Waals surface area contributed by atoms with Crippen LogP contribution in [0.15, 0.2) is 89.8 Å². The van der Waals surface area contributed by atoms with Gasteiger partial charge in [0.2, 0.25) is 10.0 Å². The monoisotopic (exact) mass is 402 g/mol. The molecule has 5 rings (SSSR count). The molecule has 0 saturated carbocycles. The van der Waals surface area contributed by atoms with Crippen LogP contribution in [0.2, 0.25) is 0 Å². The van der Waals surface area contributed by atoms with Gasteiger partial charge in [-0.05, 0) is 52.8 Å². The largest absolute Gasteiger partial charge is 0.378 e. The third kappa shape index (κ3) is 3.26. The molecule has 2 aliphatic rings. The van der Waals surface area contributed by atoms with Crippen molar-refractivity contribution in [3.8, 4) is 11.1 Å². The van der Waals surface area contributed by atoms with Crippen LogP contribution >= 0.6 is 0 Å². The first kappa shape index (κ1) is 18.2. The predicted molar refractivity (Wildman–Crippen MR) is 116 cm³/mol. The molecule has 0 spiro atoms. The summed E-state index contributed by atoms with van der Waals surface area (Å²) in [6.45, 7) is 0. The molecule has 146 valence electrons. The van der Waals surface area contributed by atoms with Gasteiger partial charge in [0.25, 0.3) is 0 Å². The number of hydrogen-bond acceptors (Lipinski definition) is 3. The number of primary sulfonamides is 1. The molecular weight excluding hydrogens is 380 g/mol. The molecule has 0 bridgehead atoms. The topological polar surface area (TPSA) is 72.2 Å². The van der Waals surface area contributed by atoms with Crippen LogP contribution in [0.4, 0.5) is 5.69 Å². The van der Waals surface area contributed by atoms with Gasteiger partial charge in [-0.25, -0.2) is 13.6 Å². The lowest BCUT2D eigenvalue weighted by Gasteiger charge is -2.37. The normalized spacial score (nSPS) is 22.6. The van der Waals surface area contributed by atoms with E-state index in [0.717, 1.165) is 17.7 Å². The van der Waals surface area contributed by atoms with Gasteiger partial charge in [-0.3, -0.25) is 0 Å². The second-order valence-electron chi connectivity index (χ2n) is 7.76. The lowest BCUT2D eigenvalue weighted by atomic mass is 9.77. The molecule has 3 unspecified atom stereocenters. The van der Waals surface area contributed by atoms with Crippen molar-refractivity contribution in [1.29, 1.82) is 0 Å². The Morgan fingerprint density at radius 3 is 2.34 bits per heavy atom. The zero-order valence-electron chi connectivity index (χ0n) is 15.8. The highest BCUT2D eigenvalue weighted by Gasteiger charge is 2.38. The van der Waals surface area contributed by atoms with Crippen LogP contribution in [-0.4, -0.2) is 8.42 Å². The van der Waals surface area contributed by atoms with Crippen molar-refractivity contribution in [1.82, 2.24) is 0 Å². The smallest absolute Gasteiger partial charge is 0.238 e. The number of benzene rings is 3. The van der Waals surface area contributed by atoms with Gasteiger partial charge < -0.3 is 5.32 Å². The van der Waals surface area contributed by atoms with E-state index < -0.39 is 10.0 Å². The van der Waals surface area contributed by atoms with Gasteiger partial charge in [-0.2, -0.15) is 0 Å². The summed E-state index contributed by atoms with van der Waals surface area (Å²) in [6.07, 6.45) is 5.35. The molecule has 3 atom stereocenters. The van der Waals surface area contributed by atoms with Gasteiger partial charge in [0.05, 0.1) is 10.9 Å². The molecule has 4 nitrogen and oxygen atoms in total. The number of sulfonamides is 1. The van der Waals surface area contributed by atoms with Crippen LogP contribution in [0.25, 0.3) is 11.1 Å². The molecule has 0 aromatic heterocycles. The molecule has 3 aromatic carbocycles. The molecule has 29 heavy (non-hydrogen) atoms. The summed E-state index contributed by atoms with van der Waals surface area (Å²) in [5.41, 5.74) is 5.63. The lowest BCUT2D eigenvalue weighted by Crippen LogP contribution is -2.29. The maximum Gasteiger partial charge on any atom is 0.238 e. The van der Waals surface area contributed by atoms with Crippen LogP contribution in [-0.2, 0) is 10.0 Å². The number of allylic oxidation sites excluding steroid dienone is 2. The maximum atomic E-state index is 11.8. The van der Waals surface area contributed by atoms with E-state index in [0.29, 0.717) is 5.92 Å². The van der Waals surface area contributed by atoms with Gasteiger partial charge in [0.1, 0.15) is 0 Å². The third-order valence-corrected chi connectivity index (χ3v) is 6.95. The second kappa shape index (κ2) is 6.87. The molecule has 1 heterocycles. The van der Waals surface area contributed by atoms with E-state index in [1.54, 1.807) is 12.1 Å². The maximum absolute atomic E-state index is 11.8. The lowest BCUT2D eigenvalue weighted by molar-refractivity contribution is 0.425. The number of fused-ring (bicyclic) bond motifs is 3. The van der Waals surface area contributed by atoms with Crippen molar-refractivity contribution in [2.75, 3.05) is 5.32 Å². The molecule has 0 saturated heterocycles. The summed E-state index contributed by atoms with van der Waals surface area (Å²) < 4.78 is 23.6. The summed E-state index contributed by atoms with van der Waals surface area (Å²) >= 11 is 0. The Balaban J connectivity index is 1.50. The van der Waals surface area contributed by atoms with Crippen molar-refractivity contribution in [3.63, 3.8) is 0 Å². The number of nitrogens with two attached hydrogens (primary N) is 1. The molecule has 0 fully saturated rings. The van der Waals surface area contributed by atoms with Crippen LogP contribution in [0.5, 0.6) is 0 Å². The number of anilines is 1. The Morgan fingerprint density at radius 1 is 0.897 bits per heavy atom. The Labute approximate surface area is 171 Å². The molecule has 0 amide bonds. The fourth-order valence-corrected chi connectivity index (χ4v) is 5.14. The highest BCUT2D eigenvalue weighted by atomic mass is 32.2. The standard InChI is InChI=1S/C24H22N2O2S/c25-29(27,28)19-13-14-23-22(15-19)20-7-4-8-21(20)24(26-23)18-11-9-17(10-12-18)16-5-2-1-3-6-16/h1-7,9-15,20-21,24,26H,8H2,(H2,25,27,28). The first-order chi connectivity index (χ1) is 14.0. The van der Waals surface area contributed by atoms with Crippen LogP contribution in [0.3, 0.4) is 0 Å².